The van der Waals surface area contributed by atoms with Gasteiger partial charge in [0.15, 0.2) is 0 Å². The molecule has 22 heavy (non-hydrogen) atoms. The quantitative estimate of drug-likeness (QED) is 0.841. The Kier molecular flexibility index (Phi) is 4.24. The van der Waals surface area contributed by atoms with Gasteiger partial charge in [0, 0.05) is 18.2 Å². The molecule has 114 valence electrons. The van der Waals surface area contributed by atoms with Gasteiger partial charge in [-0.1, -0.05) is 6.07 Å². The topological polar surface area (TPSA) is 73.3 Å². The first-order chi connectivity index (χ1) is 10.7. The summed E-state index contributed by atoms with van der Waals surface area (Å²) in [5.74, 6) is 1.17. The molecule has 0 spiro atoms. The smallest absolute Gasteiger partial charge is 0.356 e. The van der Waals surface area contributed by atoms with Crippen LogP contribution in [-0.2, 0) is 17.7 Å². The van der Waals surface area contributed by atoms with Crippen LogP contribution >= 0.6 is 15.9 Å². The number of nitrogens with one attached hydrogen (secondary N) is 1. The van der Waals surface area contributed by atoms with Gasteiger partial charge in [-0.3, -0.25) is 0 Å². The van der Waals surface area contributed by atoms with Crippen LogP contribution in [0.25, 0.3) is 0 Å². The number of methoxy groups -OCH3 is 1. The molecule has 0 amide bonds. The number of hydrogen-bond acceptors (Lipinski definition) is 6. The number of ether oxygens (including phenoxy) is 2. The van der Waals surface area contributed by atoms with Crippen LogP contribution in [0.2, 0.25) is 0 Å². The second-order valence-corrected chi connectivity index (χ2v) is 5.57. The molecule has 3 heterocycles. The maximum absolute atomic E-state index is 11.5. The summed E-state index contributed by atoms with van der Waals surface area (Å²) in [7, 11) is 1.34. The Morgan fingerprint density at radius 3 is 3.18 bits per heavy atom. The maximum Gasteiger partial charge on any atom is 0.356 e. The zero-order valence-corrected chi connectivity index (χ0v) is 13.5. The predicted octanol–water partition coefficient (Wildman–Crippen LogP) is 2.57. The highest BCUT2D eigenvalue weighted by Crippen LogP contribution is 2.36. The Hall–Kier alpha value is -2.15. The van der Waals surface area contributed by atoms with Crippen LogP contribution in [0.1, 0.15) is 21.7 Å². The molecule has 7 heteroatoms. The van der Waals surface area contributed by atoms with Crippen molar-refractivity contribution in [2.45, 2.75) is 13.0 Å². The fraction of sp³-hybridized carbons (Fsp3) is 0.267. The standard InChI is InChI=1S/C15H14BrN3O3/c1-21-15(20)12-4-2-3-9(19-12)7-17-14-10-5-6-22-13(10)11(16)8-18-14/h2-4,8H,5-7H2,1H3,(H,17,18). The Morgan fingerprint density at radius 1 is 1.50 bits per heavy atom. The zero-order valence-electron chi connectivity index (χ0n) is 11.9. The third-order valence-electron chi connectivity index (χ3n) is 3.32. The maximum atomic E-state index is 11.5. The van der Waals surface area contributed by atoms with Gasteiger partial charge >= 0.3 is 5.97 Å². The lowest BCUT2D eigenvalue weighted by Crippen LogP contribution is -2.09. The summed E-state index contributed by atoms with van der Waals surface area (Å²) in [5, 5.41) is 3.25. The van der Waals surface area contributed by atoms with E-state index in [1.54, 1.807) is 18.3 Å². The summed E-state index contributed by atoms with van der Waals surface area (Å²) < 4.78 is 11.1. The second-order valence-electron chi connectivity index (χ2n) is 4.72. The minimum absolute atomic E-state index is 0.291. The molecule has 6 nitrogen and oxygen atoms in total. The first-order valence-corrected chi connectivity index (χ1v) is 7.56. The molecule has 1 aliphatic rings. The normalized spacial score (nSPS) is 12.5. The van der Waals surface area contributed by atoms with Crippen molar-refractivity contribution < 1.29 is 14.3 Å². The van der Waals surface area contributed by atoms with Crippen LogP contribution < -0.4 is 10.1 Å². The van der Waals surface area contributed by atoms with Crippen molar-refractivity contribution in [1.29, 1.82) is 0 Å². The predicted molar refractivity (Wildman–Crippen MR) is 84.0 cm³/mol. The van der Waals surface area contributed by atoms with Gasteiger partial charge in [0.1, 0.15) is 17.3 Å². The van der Waals surface area contributed by atoms with Crippen molar-refractivity contribution in [2.75, 3.05) is 19.0 Å². The highest BCUT2D eigenvalue weighted by molar-refractivity contribution is 9.10. The van der Waals surface area contributed by atoms with Crippen LogP contribution in [-0.4, -0.2) is 29.7 Å². The summed E-state index contributed by atoms with van der Waals surface area (Å²) in [5.41, 5.74) is 2.08. The third-order valence-corrected chi connectivity index (χ3v) is 3.89. The molecule has 0 saturated heterocycles. The first-order valence-electron chi connectivity index (χ1n) is 6.77. The summed E-state index contributed by atoms with van der Waals surface area (Å²) in [6.07, 6.45) is 2.53. The number of hydrogen-bond donors (Lipinski definition) is 1. The zero-order chi connectivity index (χ0) is 15.5. The highest BCUT2D eigenvalue weighted by Gasteiger charge is 2.20. The molecular weight excluding hydrogens is 350 g/mol. The molecule has 2 aromatic rings. The molecule has 2 aromatic heterocycles. The fourth-order valence-electron chi connectivity index (χ4n) is 2.28. The van der Waals surface area contributed by atoms with Crippen LogP contribution in [0.4, 0.5) is 5.82 Å². The lowest BCUT2D eigenvalue weighted by Gasteiger charge is -2.10. The van der Waals surface area contributed by atoms with Gasteiger partial charge in [-0.2, -0.15) is 0 Å². The lowest BCUT2D eigenvalue weighted by molar-refractivity contribution is 0.0593. The number of carbonyl (C=O) groups is 1. The Bertz CT molecular complexity index is 721. The molecule has 0 bridgehead atoms. The van der Waals surface area contributed by atoms with E-state index in [1.807, 2.05) is 6.07 Å². The largest absolute Gasteiger partial charge is 0.492 e. The van der Waals surface area contributed by atoms with Gasteiger partial charge in [-0.25, -0.2) is 14.8 Å². The fourth-order valence-corrected chi connectivity index (χ4v) is 2.73. The Morgan fingerprint density at radius 2 is 2.36 bits per heavy atom. The molecule has 0 atom stereocenters. The van der Waals surface area contributed by atoms with E-state index in [9.17, 15) is 4.79 Å². The Labute approximate surface area is 136 Å². The van der Waals surface area contributed by atoms with E-state index < -0.39 is 5.97 Å². The number of nitrogens with zero attached hydrogens (tertiary/aromatic N) is 2. The van der Waals surface area contributed by atoms with Gasteiger partial charge in [-0.05, 0) is 28.1 Å². The van der Waals surface area contributed by atoms with E-state index in [0.29, 0.717) is 18.8 Å². The molecule has 0 aliphatic carbocycles. The SMILES string of the molecule is COC(=O)c1cccc(CNc2ncc(Br)c3c2CCO3)n1. The number of fused-ring (bicyclic) bond motifs is 1. The molecule has 0 unspecified atom stereocenters. The van der Waals surface area contributed by atoms with Gasteiger partial charge in [-0.15, -0.1) is 0 Å². The number of aromatic nitrogens is 2. The van der Waals surface area contributed by atoms with E-state index in [1.165, 1.54) is 7.11 Å². The van der Waals surface area contributed by atoms with Gasteiger partial charge < -0.3 is 14.8 Å². The average molecular weight is 364 g/mol. The van der Waals surface area contributed by atoms with Crippen molar-refractivity contribution in [3.63, 3.8) is 0 Å². The van der Waals surface area contributed by atoms with E-state index in [4.69, 9.17) is 4.74 Å². The highest BCUT2D eigenvalue weighted by atomic mass is 79.9. The number of esters is 1. The van der Waals surface area contributed by atoms with Gasteiger partial charge in [0.25, 0.3) is 0 Å². The number of carbonyl (C=O) groups excluding carboxylic acids is 1. The molecule has 0 saturated carbocycles. The number of rotatable bonds is 4. The van der Waals surface area contributed by atoms with Crippen LogP contribution in [0.3, 0.4) is 0 Å². The van der Waals surface area contributed by atoms with E-state index in [2.05, 4.69) is 36.0 Å². The first kappa shape index (κ1) is 14.8. The van der Waals surface area contributed by atoms with Crippen LogP contribution in [0, 0.1) is 0 Å². The number of anilines is 1. The molecular formula is C15H14BrN3O3. The number of halogens is 1. The van der Waals surface area contributed by atoms with Crippen molar-refractivity contribution in [3.05, 3.63) is 45.8 Å². The molecule has 1 N–H and O–H groups in total. The summed E-state index contributed by atoms with van der Waals surface area (Å²) in [6, 6.07) is 5.24. The molecule has 0 aromatic carbocycles. The Balaban J connectivity index is 1.76. The van der Waals surface area contributed by atoms with Crippen molar-refractivity contribution in [1.82, 2.24) is 9.97 Å². The minimum Gasteiger partial charge on any atom is -0.492 e. The van der Waals surface area contributed by atoms with Gasteiger partial charge in [0.05, 0.1) is 30.4 Å². The number of pyridine rings is 2. The van der Waals surface area contributed by atoms with Crippen molar-refractivity contribution in [2.24, 2.45) is 0 Å². The average Bonchev–Trinajstić information content (AvgIpc) is 3.04. The second kappa shape index (κ2) is 6.31. The van der Waals surface area contributed by atoms with Crippen molar-refractivity contribution in [3.8, 4) is 5.75 Å². The summed E-state index contributed by atoms with van der Waals surface area (Å²) in [6.45, 7) is 1.12. The monoisotopic (exact) mass is 363 g/mol. The molecule has 0 radical (unpaired) electrons. The lowest BCUT2D eigenvalue weighted by atomic mass is 10.2. The van der Waals surface area contributed by atoms with E-state index in [0.717, 1.165) is 33.7 Å². The summed E-state index contributed by atoms with van der Waals surface area (Å²) in [4.78, 5) is 20.1. The minimum atomic E-state index is -0.446. The van der Waals surface area contributed by atoms with Crippen LogP contribution in [0.15, 0.2) is 28.9 Å². The van der Waals surface area contributed by atoms with Gasteiger partial charge in [0.2, 0.25) is 0 Å². The molecule has 0 fully saturated rings. The van der Waals surface area contributed by atoms with Crippen molar-refractivity contribution >= 4 is 27.7 Å². The summed E-state index contributed by atoms with van der Waals surface area (Å²) >= 11 is 3.43. The van der Waals surface area contributed by atoms with E-state index >= 15 is 0 Å². The van der Waals surface area contributed by atoms with Crippen LogP contribution in [0.5, 0.6) is 5.75 Å². The molecule has 3 rings (SSSR count). The van der Waals surface area contributed by atoms with E-state index in [-0.39, 0.29) is 0 Å². The third kappa shape index (κ3) is 2.89. The molecule has 1 aliphatic heterocycles.